The van der Waals surface area contributed by atoms with Gasteiger partial charge >= 0.3 is 0 Å². The summed E-state index contributed by atoms with van der Waals surface area (Å²) < 4.78 is 26.7. The van der Waals surface area contributed by atoms with Crippen molar-refractivity contribution in [3.05, 3.63) is 78.4 Å². The third kappa shape index (κ3) is 5.77. The number of primary amides is 1. The van der Waals surface area contributed by atoms with Crippen LogP contribution in [0.25, 0.3) is 0 Å². The Morgan fingerprint density at radius 3 is 2.44 bits per heavy atom. The van der Waals surface area contributed by atoms with E-state index in [0.29, 0.717) is 0 Å². The molecule has 2 rings (SSSR count). The minimum atomic E-state index is -3.76. The van der Waals surface area contributed by atoms with E-state index in [1.54, 1.807) is 0 Å². The van der Waals surface area contributed by atoms with Gasteiger partial charge in [-0.1, -0.05) is 42.5 Å². The van der Waals surface area contributed by atoms with Crippen LogP contribution in [-0.2, 0) is 21.2 Å². The van der Waals surface area contributed by atoms with Crippen molar-refractivity contribution in [3.63, 3.8) is 0 Å². The molecular weight excluding hydrogens is 366 g/mol. The van der Waals surface area contributed by atoms with E-state index in [0.717, 1.165) is 5.56 Å². The summed E-state index contributed by atoms with van der Waals surface area (Å²) in [6.07, 6.45) is 1.65. The van der Waals surface area contributed by atoms with Gasteiger partial charge in [-0.25, -0.2) is 13.1 Å². The number of amides is 2. The smallest absolute Gasteiger partial charge is 0.251 e. The minimum Gasteiger partial charge on any atom is -0.368 e. The summed E-state index contributed by atoms with van der Waals surface area (Å²) in [6, 6.07) is 13.7. The number of nitrogens with one attached hydrogen (secondary N) is 2. The van der Waals surface area contributed by atoms with Crippen molar-refractivity contribution in [3.8, 4) is 0 Å². The fourth-order valence-corrected chi connectivity index (χ4v) is 3.41. The number of rotatable bonds is 9. The highest BCUT2D eigenvalue weighted by atomic mass is 32.2. The Balaban J connectivity index is 2.17. The number of hydrogen-bond acceptors (Lipinski definition) is 4. The molecule has 0 aliphatic heterocycles. The summed E-state index contributed by atoms with van der Waals surface area (Å²) >= 11 is 0. The molecule has 0 radical (unpaired) electrons. The van der Waals surface area contributed by atoms with Gasteiger partial charge in [0.1, 0.15) is 6.04 Å². The van der Waals surface area contributed by atoms with Crippen molar-refractivity contribution in [2.24, 2.45) is 5.73 Å². The summed E-state index contributed by atoms with van der Waals surface area (Å²) in [5.41, 5.74) is 6.34. The monoisotopic (exact) mass is 387 g/mol. The Kier molecular flexibility index (Phi) is 6.86. The van der Waals surface area contributed by atoms with Crippen LogP contribution in [0.1, 0.15) is 15.9 Å². The molecule has 2 aromatic rings. The number of carbonyl (C=O) groups is 2. The lowest BCUT2D eigenvalue weighted by Gasteiger charge is -2.16. The summed E-state index contributed by atoms with van der Waals surface area (Å²) in [6.45, 7) is 3.52. The molecule has 0 spiro atoms. The van der Waals surface area contributed by atoms with Crippen LogP contribution < -0.4 is 15.8 Å². The largest absolute Gasteiger partial charge is 0.368 e. The first-order chi connectivity index (χ1) is 12.8. The molecule has 0 heterocycles. The number of hydrogen-bond donors (Lipinski definition) is 3. The highest BCUT2D eigenvalue weighted by Crippen LogP contribution is 2.12. The molecule has 27 heavy (non-hydrogen) atoms. The van der Waals surface area contributed by atoms with E-state index in [1.165, 1.54) is 30.3 Å². The molecule has 4 N–H and O–H groups in total. The molecule has 2 amide bonds. The summed E-state index contributed by atoms with van der Waals surface area (Å²) in [5.74, 6) is -1.26. The maximum atomic E-state index is 12.5. The predicted octanol–water partition coefficient (Wildman–Crippen LogP) is 0.977. The zero-order chi connectivity index (χ0) is 19.9. The lowest BCUT2D eigenvalue weighted by Crippen LogP contribution is -2.45. The van der Waals surface area contributed by atoms with Crippen LogP contribution in [-0.4, -0.2) is 32.8 Å². The van der Waals surface area contributed by atoms with E-state index in [2.05, 4.69) is 16.6 Å². The number of nitrogens with two attached hydrogens (primary N) is 1. The van der Waals surface area contributed by atoms with Crippen molar-refractivity contribution in [1.82, 2.24) is 10.0 Å². The van der Waals surface area contributed by atoms with Gasteiger partial charge in [-0.05, 0) is 23.8 Å². The molecule has 0 bridgehead atoms. The average molecular weight is 387 g/mol. The average Bonchev–Trinajstić information content (AvgIpc) is 2.66. The first-order valence-corrected chi connectivity index (χ1v) is 9.66. The quantitative estimate of drug-likeness (QED) is 0.556. The molecule has 7 nitrogen and oxygen atoms in total. The Bertz CT molecular complexity index is 927. The van der Waals surface area contributed by atoms with Crippen LogP contribution in [0.15, 0.2) is 72.1 Å². The summed E-state index contributed by atoms with van der Waals surface area (Å²) in [7, 11) is -3.76. The molecular formula is C19H21N3O4S. The Morgan fingerprint density at radius 2 is 1.81 bits per heavy atom. The number of sulfonamides is 1. The van der Waals surface area contributed by atoms with Gasteiger partial charge in [0.2, 0.25) is 15.9 Å². The van der Waals surface area contributed by atoms with Gasteiger partial charge in [0, 0.05) is 18.5 Å². The second kappa shape index (κ2) is 9.11. The van der Waals surface area contributed by atoms with Gasteiger partial charge in [0.05, 0.1) is 4.90 Å². The molecule has 0 aromatic heterocycles. The van der Waals surface area contributed by atoms with Gasteiger partial charge < -0.3 is 11.1 Å². The van der Waals surface area contributed by atoms with E-state index in [-0.39, 0.29) is 23.4 Å². The third-order valence-corrected chi connectivity index (χ3v) is 5.18. The maximum Gasteiger partial charge on any atom is 0.251 e. The highest BCUT2D eigenvalue weighted by molar-refractivity contribution is 7.89. The zero-order valence-electron chi connectivity index (χ0n) is 14.6. The Morgan fingerprint density at radius 1 is 1.11 bits per heavy atom. The molecule has 0 aliphatic rings. The molecule has 0 aliphatic carbocycles. The molecule has 2 aromatic carbocycles. The van der Waals surface area contributed by atoms with Crippen LogP contribution in [0.5, 0.6) is 0 Å². The van der Waals surface area contributed by atoms with Gasteiger partial charge in [0.25, 0.3) is 5.91 Å². The van der Waals surface area contributed by atoms with E-state index >= 15 is 0 Å². The van der Waals surface area contributed by atoms with Gasteiger partial charge in [-0.15, -0.1) is 6.58 Å². The van der Waals surface area contributed by atoms with Crippen LogP contribution in [0, 0.1) is 0 Å². The topological polar surface area (TPSA) is 118 Å². The Hall–Kier alpha value is -2.97. The molecule has 1 unspecified atom stereocenters. The fourth-order valence-electron chi connectivity index (χ4n) is 2.37. The van der Waals surface area contributed by atoms with Crippen molar-refractivity contribution < 1.29 is 18.0 Å². The Labute approximate surface area is 158 Å². The van der Waals surface area contributed by atoms with Gasteiger partial charge in [-0.3, -0.25) is 9.59 Å². The van der Waals surface area contributed by atoms with Crippen LogP contribution in [0.3, 0.4) is 0 Å². The maximum absolute atomic E-state index is 12.5. The normalized spacial score (nSPS) is 12.1. The predicted molar refractivity (Wildman–Crippen MR) is 102 cm³/mol. The number of carbonyl (C=O) groups excluding carboxylic acids is 2. The van der Waals surface area contributed by atoms with Crippen LogP contribution in [0.2, 0.25) is 0 Å². The molecule has 0 saturated heterocycles. The highest BCUT2D eigenvalue weighted by Gasteiger charge is 2.21. The van der Waals surface area contributed by atoms with E-state index in [1.807, 2.05) is 30.3 Å². The zero-order valence-corrected chi connectivity index (χ0v) is 15.4. The van der Waals surface area contributed by atoms with E-state index < -0.39 is 27.9 Å². The van der Waals surface area contributed by atoms with E-state index in [4.69, 9.17) is 5.73 Å². The molecule has 0 fully saturated rings. The fraction of sp³-hybridized carbons (Fsp3) is 0.158. The number of benzene rings is 2. The molecule has 1 atom stereocenters. The lowest BCUT2D eigenvalue weighted by molar-refractivity contribution is -0.119. The molecule has 0 saturated carbocycles. The van der Waals surface area contributed by atoms with Crippen LogP contribution in [0.4, 0.5) is 0 Å². The lowest BCUT2D eigenvalue weighted by atomic mass is 10.0. The van der Waals surface area contributed by atoms with Crippen molar-refractivity contribution in [2.75, 3.05) is 6.54 Å². The SMILES string of the molecule is C=CCNS(=O)(=O)c1cccc(C(=O)NC(Cc2ccccc2)C(N)=O)c1. The second-order valence-electron chi connectivity index (χ2n) is 5.79. The van der Waals surface area contributed by atoms with Crippen molar-refractivity contribution in [1.29, 1.82) is 0 Å². The van der Waals surface area contributed by atoms with Crippen LogP contribution >= 0.6 is 0 Å². The standard InChI is InChI=1S/C19H21N3O4S/c1-2-11-21-27(25,26)16-10-6-9-15(13-16)19(24)22-17(18(20)23)12-14-7-4-3-5-8-14/h2-10,13,17,21H,1,11-12H2,(H2,20,23)(H,22,24). The van der Waals surface area contributed by atoms with Crippen molar-refractivity contribution in [2.45, 2.75) is 17.4 Å². The third-order valence-electron chi connectivity index (χ3n) is 3.76. The second-order valence-corrected chi connectivity index (χ2v) is 7.55. The summed E-state index contributed by atoms with van der Waals surface area (Å²) in [4.78, 5) is 24.1. The molecule has 8 heteroatoms. The van der Waals surface area contributed by atoms with E-state index in [9.17, 15) is 18.0 Å². The first kappa shape index (κ1) is 20.3. The first-order valence-electron chi connectivity index (χ1n) is 8.18. The summed E-state index contributed by atoms with van der Waals surface area (Å²) in [5, 5.41) is 2.56. The minimum absolute atomic E-state index is 0.0596. The van der Waals surface area contributed by atoms with Crippen molar-refractivity contribution >= 4 is 21.8 Å². The molecule has 142 valence electrons. The van der Waals surface area contributed by atoms with Gasteiger partial charge in [0.15, 0.2) is 0 Å². The van der Waals surface area contributed by atoms with Gasteiger partial charge in [-0.2, -0.15) is 0 Å².